The molecule has 0 radical (unpaired) electrons. The largest absolute Gasteiger partial charge is 0.490 e. The fraction of sp³-hybridized carbons (Fsp3) is 0.355. The smallest absolute Gasteiger partial charge is 0.337 e. The van der Waals surface area contributed by atoms with Gasteiger partial charge >= 0.3 is 5.97 Å². The Morgan fingerprint density at radius 1 is 1.05 bits per heavy atom. The molecular weight excluding hydrogens is 558 g/mol. The van der Waals surface area contributed by atoms with E-state index in [4.69, 9.17) is 9.47 Å². The van der Waals surface area contributed by atoms with E-state index in [2.05, 4.69) is 15.4 Å². The Morgan fingerprint density at radius 3 is 2.31 bits per heavy atom. The first kappa shape index (κ1) is 30.9. The van der Waals surface area contributed by atoms with Crippen molar-refractivity contribution in [3.8, 4) is 16.9 Å². The first-order valence-electron chi connectivity index (χ1n) is 13.5. The van der Waals surface area contributed by atoms with Gasteiger partial charge in [-0.3, -0.25) is 9.52 Å². The number of ether oxygens (including phenoxy) is 2. The zero-order valence-corrected chi connectivity index (χ0v) is 25.7. The van der Waals surface area contributed by atoms with E-state index in [1.807, 2.05) is 25.1 Å². The molecule has 224 valence electrons. The summed E-state index contributed by atoms with van der Waals surface area (Å²) in [4.78, 5) is 26.7. The summed E-state index contributed by atoms with van der Waals surface area (Å²) in [7, 11) is -3.88. The third-order valence-corrected chi connectivity index (χ3v) is 7.35. The van der Waals surface area contributed by atoms with Gasteiger partial charge in [0.25, 0.3) is 5.91 Å². The minimum absolute atomic E-state index is 0.0125. The predicted molar refractivity (Wildman–Crippen MR) is 164 cm³/mol. The molecule has 3 aromatic carbocycles. The Labute approximate surface area is 246 Å². The molecule has 0 spiro atoms. The molecule has 11 heteroatoms. The van der Waals surface area contributed by atoms with Crippen molar-refractivity contribution in [1.29, 1.82) is 0 Å². The average molecular weight is 596 g/mol. The van der Waals surface area contributed by atoms with Gasteiger partial charge in [-0.1, -0.05) is 23.8 Å². The lowest BCUT2D eigenvalue weighted by atomic mass is 9.84. The van der Waals surface area contributed by atoms with E-state index in [1.54, 1.807) is 58.9 Å². The molecule has 0 saturated heterocycles. The topological polar surface area (TPSA) is 143 Å². The molecule has 10 nitrogen and oxygen atoms in total. The molecular formula is C31H37N3O7S. The molecule has 42 heavy (non-hydrogen) atoms. The van der Waals surface area contributed by atoms with Crippen molar-refractivity contribution in [2.45, 2.75) is 53.2 Å². The van der Waals surface area contributed by atoms with Crippen LogP contribution >= 0.6 is 0 Å². The van der Waals surface area contributed by atoms with Gasteiger partial charge in [-0.05, 0) is 88.1 Å². The Morgan fingerprint density at radius 2 is 1.71 bits per heavy atom. The molecule has 4 rings (SSSR count). The van der Waals surface area contributed by atoms with E-state index in [1.165, 1.54) is 0 Å². The van der Waals surface area contributed by atoms with Crippen molar-refractivity contribution in [3.05, 3.63) is 70.3 Å². The number of anilines is 3. The molecule has 0 fully saturated rings. The lowest BCUT2D eigenvalue weighted by Gasteiger charge is -2.31. The number of sulfonamides is 1. The van der Waals surface area contributed by atoms with Crippen molar-refractivity contribution in [3.63, 3.8) is 0 Å². The zero-order chi connectivity index (χ0) is 31.0. The van der Waals surface area contributed by atoms with Crippen LogP contribution in [0.25, 0.3) is 11.1 Å². The lowest BCUT2D eigenvalue weighted by molar-refractivity contribution is -0.160. The van der Waals surface area contributed by atoms with E-state index >= 15 is 0 Å². The van der Waals surface area contributed by atoms with Crippen LogP contribution in [0.2, 0.25) is 0 Å². The SMILES string of the molecule is Cc1ccc(NC(=O)c2c(C)c(-c3ccc4c(c3)NCCO4)c(C(OC(C)(C)C)C(=O)O)c(C)c2NS(C)(=O)=O)cc1. The zero-order valence-electron chi connectivity index (χ0n) is 24.8. The normalized spacial score (nSPS) is 13.8. The van der Waals surface area contributed by atoms with Gasteiger partial charge in [0.2, 0.25) is 10.0 Å². The Hall–Kier alpha value is -4.09. The number of carboxylic acids is 1. The van der Waals surface area contributed by atoms with Gasteiger partial charge < -0.3 is 25.2 Å². The highest BCUT2D eigenvalue weighted by Gasteiger charge is 2.35. The summed E-state index contributed by atoms with van der Waals surface area (Å²) in [6, 6.07) is 12.6. The van der Waals surface area contributed by atoms with Gasteiger partial charge in [0.15, 0.2) is 6.10 Å². The molecule has 0 aromatic heterocycles. The second kappa shape index (κ2) is 11.7. The monoisotopic (exact) mass is 595 g/mol. The van der Waals surface area contributed by atoms with Crippen LogP contribution in [0.5, 0.6) is 5.75 Å². The second-order valence-electron chi connectivity index (χ2n) is 11.4. The first-order valence-corrected chi connectivity index (χ1v) is 15.4. The molecule has 0 saturated carbocycles. The molecule has 4 N–H and O–H groups in total. The summed E-state index contributed by atoms with van der Waals surface area (Å²) in [5.74, 6) is -1.16. The van der Waals surface area contributed by atoms with Gasteiger partial charge in [-0.25, -0.2) is 13.2 Å². The highest BCUT2D eigenvalue weighted by atomic mass is 32.2. The average Bonchev–Trinajstić information content (AvgIpc) is 2.89. The van der Waals surface area contributed by atoms with Crippen LogP contribution in [0.1, 0.15) is 59.5 Å². The van der Waals surface area contributed by atoms with E-state index in [0.29, 0.717) is 41.3 Å². The third kappa shape index (κ3) is 6.85. The summed E-state index contributed by atoms with van der Waals surface area (Å²) >= 11 is 0. The van der Waals surface area contributed by atoms with Crippen LogP contribution in [-0.4, -0.2) is 50.4 Å². The van der Waals surface area contributed by atoms with Crippen LogP contribution in [0.4, 0.5) is 17.1 Å². The third-order valence-electron chi connectivity index (χ3n) is 6.77. The number of nitrogens with one attached hydrogen (secondary N) is 3. The summed E-state index contributed by atoms with van der Waals surface area (Å²) in [6.07, 6.45) is -0.500. The van der Waals surface area contributed by atoms with E-state index < -0.39 is 33.6 Å². The Bertz CT molecular complexity index is 1640. The summed E-state index contributed by atoms with van der Waals surface area (Å²) in [5, 5.41) is 16.6. The first-order chi connectivity index (χ1) is 19.6. The maximum atomic E-state index is 13.9. The van der Waals surface area contributed by atoms with E-state index in [0.717, 1.165) is 17.5 Å². The van der Waals surface area contributed by atoms with Crippen LogP contribution in [0, 0.1) is 20.8 Å². The van der Waals surface area contributed by atoms with E-state index in [9.17, 15) is 23.1 Å². The van der Waals surface area contributed by atoms with Crippen molar-refractivity contribution in [1.82, 2.24) is 0 Å². The molecule has 1 amide bonds. The Balaban J connectivity index is 2.07. The lowest BCUT2D eigenvalue weighted by Crippen LogP contribution is -2.29. The highest BCUT2D eigenvalue weighted by Crippen LogP contribution is 2.45. The summed E-state index contributed by atoms with van der Waals surface area (Å²) in [6.45, 7) is 11.5. The number of aliphatic carboxylic acids is 1. The molecule has 1 atom stereocenters. The number of amides is 1. The molecule has 1 aliphatic rings. The van der Waals surface area contributed by atoms with Crippen LogP contribution in [0.15, 0.2) is 42.5 Å². The van der Waals surface area contributed by atoms with Crippen molar-refractivity contribution in [2.75, 3.05) is 34.8 Å². The number of carbonyl (C=O) groups is 2. The predicted octanol–water partition coefficient (Wildman–Crippen LogP) is 5.65. The molecule has 1 aliphatic heterocycles. The highest BCUT2D eigenvalue weighted by molar-refractivity contribution is 7.92. The van der Waals surface area contributed by atoms with E-state index in [-0.39, 0.29) is 22.4 Å². The molecule has 0 aliphatic carbocycles. The summed E-state index contributed by atoms with van der Waals surface area (Å²) in [5.41, 5.74) is 3.38. The van der Waals surface area contributed by atoms with Crippen LogP contribution in [0.3, 0.4) is 0 Å². The molecule has 0 bridgehead atoms. The van der Waals surface area contributed by atoms with Crippen LogP contribution < -0.4 is 20.1 Å². The van der Waals surface area contributed by atoms with Gasteiger partial charge in [-0.2, -0.15) is 0 Å². The van der Waals surface area contributed by atoms with Crippen LogP contribution in [-0.2, 0) is 19.6 Å². The van der Waals surface area contributed by atoms with Crippen molar-refractivity contribution >= 4 is 39.0 Å². The minimum Gasteiger partial charge on any atom is -0.490 e. The van der Waals surface area contributed by atoms with Gasteiger partial charge in [-0.15, -0.1) is 0 Å². The number of benzene rings is 3. The fourth-order valence-corrected chi connectivity index (χ4v) is 5.66. The molecule has 3 aromatic rings. The Kier molecular flexibility index (Phi) is 8.56. The number of carboxylic acid groups (broad SMARTS) is 1. The van der Waals surface area contributed by atoms with Gasteiger partial charge in [0, 0.05) is 17.8 Å². The van der Waals surface area contributed by atoms with Crippen molar-refractivity contribution in [2.24, 2.45) is 0 Å². The maximum Gasteiger partial charge on any atom is 0.337 e. The number of hydrogen-bond donors (Lipinski definition) is 4. The summed E-state index contributed by atoms with van der Waals surface area (Å²) < 4.78 is 39.5. The fourth-order valence-electron chi connectivity index (χ4n) is 5.03. The quantitative estimate of drug-likeness (QED) is 0.262. The number of fused-ring (bicyclic) bond motifs is 1. The number of carbonyl (C=O) groups excluding carboxylic acids is 1. The molecule has 1 heterocycles. The standard InChI is InChI=1S/C31H37N3O7S/c1-17-8-11-21(12-9-17)33-29(35)26-18(2)24(20-10-13-23-22(16-20)32-14-15-40-23)25(19(3)27(26)34-42(7,38)39)28(30(36)37)41-31(4,5)6/h8-13,16,28,32,34H,14-15H2,1-7H3,(H,33,35)(H,36,37). The number of rotatable bonds is 8. The number of hydrogen-bond acceptors (Lipinski definition) is 7. The minimum atomic E-state index is -3.88. The maximum absolute atomic E-state index is 13.9. The van der Waals surface area contributed by atoms with Crippen molar-refractivity contribution < 1.29 is 32.6 Å². The van der Waals surface area contributed by atoms with Gasteiger partial charge in [0.05, 0.1) is 28.8 Å². The second-order valence-corrected chi connectivity index (χ2v) is 13.2. The van der Waals surface area contributed by atoms with Gasteiger partial charge in [0.1, 0.15) is 12.4 Å². The molecule has 1 unspecified atom stereocenters. The number of aryl methyl sites for hydroxylation is 1.